The molecule has 0 atom stereocenters. The van der Waals surface area contributed by atoms with E-state index in [0.717, 1.165) is 5.39 Å². The number of carboxylic acids is 1. The van der Waals surface area contributed by atoms with Gasteiger partial charge in [-0.2, -0.15) is 0 Å². The molecule has 98 valence electrons. The summed E-state index contributed by atoms with van der Waals surface area (Å²) in [5.74, 6) is -1.40. The molecule has 6 nitrogen and oxygen atoms in total. The third-order valence-corrected chi connectivity index (χ3v) is 3.35. The van der Waals surface area contributed by atoms with Crippen molar-refractivity contribution in [3.05, 3.63) is 30.0 Å². The number of hydrogen-bond acceptors (Lipinski definition) is 4. The van der Waals surface area contributed by atoms with E-state index in [0.29, 0.717) is 11.3 Å². The van der Waals surface area contributed by atoms with Crippen LogP contribution in [0.25, 0.3) is 11.0 Å². The van der Waals surface area contributed by atoms with Crippen LogP contribution in [0.2, 0.25) is 0 Å². The molecule has 1 aliphatic rings. The van der Waals surface area contributed by atoms with Gasteiger partial charge in [0.05, 0.1) is 12.3 Å². The zero-order valence-corrected chi connectivity index (χ0v) is 10.1. The van der Waals surface area contributed by atoms with Crippen LogP contribution in [0.4, 0.5) is 0 Å². The maximum atomic E-state index is 12.0. The molecule has 1 saturated heterocycles. The second-order valence-electron chi connectivity index (χ2n) is 4.64. The molecule has 1 aromatic heterocycles. The first kappa shape index (κ1) is 11.7. The van der Waals surface area contributed by atoms with Gasteiger partial charge in [0.1, 0.15) is 5.69 Å². The number of fused-ring (bicyclic) bond motifs is 1. The van der Waals surface area contributed by atoms with Gasteiger partial charge < -0.3 is 14.5 Å². The molecule has 0 aliphatic carbocycles. The second-order valence-corrected chi connectivity index (χ2v) is 4.64. The Balaban J connectivity index is 1.69. The number of hydrogen-bond donors (Lipinski definition) is 1. The predicted molar refractivity (Wildman–Crippen MR) is 65.4 cm³/mol. The SMILES string of the molecule is O=C(O)C1CN(C(=O)Cc2noc3ccccc23)C1. The van der Waals surface area contributed by atoms with Gasteiger partial charge in [-0.15, -0.1) is 0 Å². The van der Waals surface area contributed by atoms with Gasteiger partial charge in [-0.3, -0.25) is 9.59 Å². The lowest BCUT2D eigenvalue weighted by Crippen LogP contribution is -2.53. The molecule has 19 heavy (non-hydrogen) atoms. The average Bonchev–Trinajstić information content (AvgIpc) is 2.70. The summed E-state index contributed by atoms with van der Waals surface area (Å²) in [4.78, 5) is 24.2. The normalized spacial score (nSPS) is 15.5. The van der Waals surface area contributed by atoms with Crippen molar-refractivity contribution in [3.8, 4) is 0 Å². The number of nitrogens with zero attached hydrogens (tertiary/aromatic N) is 2. The van der Waals surface area contributed by atoms with E-state index in [1.165, 1.54) is 4.90 Å². The van der Waals surface area contributed by atoms with Gasteiger partial charge in [-0.25, -0.2) is 0 Å². The summed E-state index contributed by atoms with van der Waals surface area (Å²) in [5, 5.41) is 13.5. The van der Waals surface area contributed by atoms with E-state index in [1.807, 2.05) is 18.2 Å². The first-order valence-electron chi connectivity index (χ1n) is 5.99. The zero-order chi connectivity index (χ0) is 13.4. The van der Waals surface area contributed by atoms with Gasteiger partial charge in [0.15, 0.2) is 5.58 Å². The van der Waals surface area contributed by atoms with Crippen molar-refractivity contribution in [1.82, 2.24) is 10.1 Å². The van der Waals surface area contributed by atoms with Crippen LogP contribution in [-0.2, 0) is 16.0 Å². The van der Waals surface area contributed by atoms with Crippen molar-refractivity contribution < 1.29 is 19.2 Å². The Morgan fingerprint density at radius 3 is 2.84 bits per heavy atom. The van der Waals surface area contributed by atoms with Crippen LogP contribution in [0.3, 0.4) is 0 Å². The number of aromatic nitrogens is 1. The maximum Gasteiger partial charge on any atom is 0.310 e. The molecule has 0 saturated carbocycles. The quantitative estimate of drug-likeness (QED) is 0.886. The van der Waals surface area contributed by atoms with Crippen LogP contribution < -0.4 is 0 Å². The smallest absolute Gasteiger partial charge is 0.310 e. The minimum atomic E-state index is -0.851. The molecule has 1 N–H and O–H groups in total. The third kappa shape index (κ3) is 2.05. The van der Waals surface area contributed by atoms with Crippen LogP contribution in [0.15, 0.2) is 28.8 Å². The molecule has 0 spiro atoms. The summed E-state index contributed by atoms with van der Waals surface area (Å²) in [5.41, 5.74) is 1.25. The zero-order valence-electron chi connectivity index (χ0n) is 10.1. The highest BCUT2D eigenvalue weighted by atomic mass is 16.5. The molecule has 1 fully saturated rings. The number of rotatable bonds is 3. The summed E-state index contributed by atoms with van der Waals surface area (Å²) in [6, 6.07) is 7.34. The summed E-state index contributed by atoms with van der Waals surface area (Å²) in [6.07, 6.45) is 0.142. The number of para-hydroxylation sites is 1. The van der Waals surface area contributed by atoms with Crippen molar-refractivity contribution >= 4 is 22.8 Å². The predicted octanol–water partition coefficient (Wildman–Crippen LogP) is 0.913. The van der Waals surface area contributed by atoms with Crippen LogP contribution in [0, 0.1) is 5.92 Å². The lowest BCUT2D eigenvalue weighted by atomic mass is 9.99. The van der Waals surface area contributed by atoms with Crippen molar-refractivity contribution in [1.29, 1.82) is 0 Å². The van der Waals surface area contributed by atoms with Gasteiger partial charge in [0.25, 0.3) is 0 Å². The van der Waals surface area contributed by atoms with Gasteiger partial charge in [-0.1, -0.05) is 17.3 Å². The van der Waals surface area contributed by atoms with Gasteiger partial charge >= 0.3 is 5.97 Å². The Bertz CT molecular complexity index is 643. The van der Waals surface area contributed by atoms with Gasteiger partial charge in [0, 0.05) is 18.5 Å². The summed E-state index contributed by atoms with van der Waals surface area (Å²) < 4.78 is 5.13. The van der Waals surface area contributed by atoms with Gasteiger partial charge in [-0.05, 0) is 12.1 Å². The number of carboxylic acid groups (broad SMARTS) is 1. The molecule has 1 aliphatic heterocycles. The molecule has 0 bridgehead atoms. The topological polar surface area (TPSA) is 83.6 Å². The number of likely N-dealkylation sites (tertiary alicyclic amines) is 1. The van der Waals surface area contributed by atoms with Crippen molar-refractivity contribution in [2.75, 3.05) is 13.1 Å². The van der Waals surface area contributed by atoms with E-state index < -0.39 is 11.9 Å². The lowest BCUT2D eigenvalue weighted by Gasteiger charge is -2.36. The fourth-order valence-corrected chi connectivity index (χ4v) is 2.16. The molecule has 1 aromatic carbocycles. The number of carbonyl (C=O) groups excluding carboxylic acids is 1. The molecule has 0 unspecified atom stereocenters. The van der Waals surface area contributed by atoms with Crippen LogP contribution in [0.5, 0.6) is 0 Å². The molecule has 0 radical (unpaired) electrons. The minimum Gasteiger partial charge on any atom is -0.481 e. The summed E-state index contributed by atoms with van der Waals surface area (Å²) in [6.45, 7) is 0.563. The Morgan fingerprint density at radius 2 is 2.11 bits per heavy atom. The minimum absolute atomic E-state index is 0.114. The first-order chi connectivity index (χ1) is 9.15. The standard InChI is InChI=1S/C13H12N2O4/c16-12(15-6-8(7-15)13(17)18)5-10-9-3-1-2-4-11(9)19-14-10/h1-4,8H,5-7H2,(H,17,18). The highest BCUT2D eigenvalue weighted by Crippen LogP contribution is 2.21. The Labute approximate surface area is 108 Å². The highest BCUT2D eigenvalue weighted by molar-refractivity contribution is 5.87. The van der Waals surface area contributed by atoms with E-state index in [1.54, 1.807) is 6.07 Å². The first-order valence-corrected chi connectivity index (χ1v) is 5.99. The number of benzene rings is 1. The lowest BCUT2D eigenvalue weighted by molar-refractivity contribution is -0.152. The van der Waals surface area contributed by atoms with Crippen LogP contribution >= 0.6 is 0 Å². The van der Waals surface area contributed by atoms with Crippen molar-refractivity contribution in [3.63, 3.8) is 0 Å². The molecule has 3 rings (SSSR count). The Morgan fingerprint density at radius 1 is 1.37 bits per heavy atom. The molecular formula is C13H12N2O4. The Hall–Kier alpha value is -2.37. The van der Waals surface area contributed by atoms with E-state index >= 15 is 0 Å². The summed E-state index contributed by atoms with van der Waals surface area (Å²) >= 11 is 0. The fourth-order valence-electron chi connectivity index (χ4n) is 2.16. The molecule has 6 heteroatoms. The molecular weight excluding hydrogens is 248 g/mol. The molecule has 1 amide bonds. The fraction of sp³-hybridized carbons (Fsp3) is 0.308. The van der Waals surface area contributed by atoms with Crippen molar-refractivity contribution in [2.45, 2.75) is 6.42 Å². The molecule has 2 aromatic rings. The average molecular weight is 260 g/mol. The van der Waals surface area contributed by atoms with Crippen molar-refractivity contribution in [2.24, 2.45) is 5.92 Å². The third-order valence-electron chi connectivity index (χ3n) is 3.35. The Kier molecular flexibility index (Phi) is 2.70. The number of aliphatic carboxylic acids is 1. The second kappa shape index (κ2) is 4.38. The monoisotopic (exact) mass is 260 g/mol. The summed E-state index contributed by atoms with van der Waals surface area (Å²) in [7, 11) is 0. The maximum absolute atomic E-state index is 12.0. The van der Waals surface area contributed by atoms with E-state index in [4.69, 9.17) is 9.63 Å². The van der Waals surface area contributed by atoms with E-state index in [-0.39, 0.29) is 25.4 Å². The largest absolute Gasteiger partial charge is 0.481 e. The molecule has 2 heterocycles. The van der Waals surface area contributed by atoms with Crippen LogP contribution in [0.1, 0.15) is 5.69 Å². The highest BCUT2D eigenvalue weighted by Gasteiger charge is 2.35. The van der Waals surface area contributed by atoms with Gasteiger partial charge in [0.2, 0.25) is 5.91 Å². The number of amides is 1. The van der Waals surface area contributed by atoms with Crippen LogP contribution in [-0.4, -0.2) is 40.1 Å². The van der Waals surface area contributed by atoms with E-state index in [9.17, 15) is 9.59 Å². The van der Waals surface area contributed by atoms with E-state index in [2.05, 4.69) is 5.16 Å². The number of carbonyl (C=O) groups is 2.